The number of rotatable bonds is 3. The van der Waals surface area contributed by atoms with Gasteiger partial charge in [-0.1, -0.05) is 0 Å². The van der Waals surface area contributed by atoms with Gasteiger partial charge < -0.3 is 10.5 Å². The second-order valence-electron chi connectivity index (χ2n) is 1.62. The Balaban J connectivity index is 2.83. The summed E-state index contributed by atoms with van der Waals surface area (Å²) in [5.41, 5.74) is 5.22. The molecular weight excluding hydrogens is 90.1 g/mol. The number of nitrogens with two attached hydrogens (primary N) is 1. The first-order valence-corrected chi connectivity index (χ1v) is 2.54. The van der Waals surface area contributed by atoms with Gasteiger partial charge in [-0.2, -0.15) is 0 Å². The lowest BCUT2D eigenvalue weighted by Gasteiger charge is -2.04. The molecular formula is C5H13NO. The van der Waals surface area contributed by atoms with Crippen molar-refractivity contribution in [2.75, 3.05) is 13.7 Å². The fourth-order valence-electron chi connectivity index (χ4n) is 0.353. The molecule has 0 aliphatic carbocycles. The van der Waals surface area contributed by atoms with Gasteiger partial charge in [0.2, 0.25) is 0 Å². The van der Waals surface area contributed by atoms with E-state index in [-0.39, 0.29) is 0 Å². The van der Waals surface area contributed by atoms with Crippen molar-refractivity contribution in [1.29, 1.82) is 0 Å². The topological polar surface area (TPSA) is 35.2 Å². The van der Waals surface area contributed by atoms with Gasteiger partial charge in [-0.05, 0) is 19.9 Å². The van der Waals surface area contributed by atoms with E-state index >= 15 is 0 Å². The molecule has 0 heterocycles. The Bertz CT molecular complexity index is 39.1. The van der Waals surface area contributed by atoms with Crippen LogP contribution in [-0.4, -0.2) is 19.8 Å². The van der Waals surface area contributed by atoms with Gasteiger partial charge in [0.15, 0.2) is 0 Å². The molecule has 0 saturated carbocycles. The monoisotopic (exact) mass is 103 g/mol. The highest BCUT2D eigenvalue weighted by Gasteiger charge is 1.92. The van der Waals surface area contributed by atoms with Crippen molar-refractivity contribution in [1.82, 2.24) is 0 Å². The molecule has 0 saturated heterocycles. The molecule has 2 heteroatoms. The van der Waals surface area contributed by atoms with Gasteiger partial charge in [0.05, 0.1) is 6.10 Å². The summed E-state index contributed by atoms with van der Waals surface area (Å²) < 4.78 is 4.91. The van der Waals surface area contributed by atoms with Crippen molar-refractivity contribution >= 4 is 0 Å². The maximum absolute atomic E-state index is 5.22. The van der Waals surface area contributed by atoms with E-state index in [2.05, 4.69) is 0 Å². The van der Waals surface area contributed by atoms with E-state index in [1.165, 1.54) is 0 Å². The minimum atomic E-state index is 0.324. The molecule has 0 bridgehead atoms. The van der Waals surface area contributed by atoms with Crippen molar-refractivity contribution < 1.29 is 4.74 Å². The van der Waals surface area contributed by atoms with E-state index in [0.717, 1.165) is 13.0 Å². The highest BCUT2D eigenvalue weighted by atomic mass is 16.5. The second-order valence-corrected chi connectivity index (χ2v) is 1.62. The molecule has 0 rings (SSSR count). The van der Waals surface area contributed by atoms with Crippen molar-refractivity contribution in [2.24, 2.45) is 5.73 Å². The van der Waals surface area contributed by atoms with Crippen LogP contribution in [0.15, 0.2) is 0 Å². The zero-order valence-electron chi connectivity index (χ0n) is 4.98. The molecule has 0 amide bonds. The van der Waals surface area contributed by atoms with Gasteiger partial charge >= 0.3 is 0 Å². The van der Waals surface area contributed by atoms with E-state index in [1.54, 1.807) is 7.11 Å². The number of hydrogen-bond donors (Lipinski definition) is 1. The molecule has 0 aliphatic heterocycles. The molecule has 1 atom stereocenters. The quantitative estimate of drug-likeness (QED) is 0.560. The maximum atomic E-state index is 5.22. The van der Waals surface area contributed by atoms with E-state index < -0.39 is 0 Å². The molecule has 7 heavy (non-hydrogen) atoms. The summed E-state index contributed by atoms with van der Waals surface area (Å²) >= 11 is 0. The fourth-order valence-corrected chi connectivity index (χ4v) is 0.353. The maximum Gasteiger partial charge on any atom is 0.0555 e. The van der Waals surface area contributed by atoms with Gasteiger partial charge in [-0.15, -0.1) is 0 Å². The zero-order valence-corrected chi connectivity index (χ0v) is 4.98. The minimum Gasteiger partial charge on any atom is -0.382 e. The van der Waals surface area contributed by atoms with Crippen molar-refractivity contribution in [3.05, 3.63) is 0 Å². The molecule has 0 radical (unpaired) electrons. The van der Waals surface area contributed by atoms with Crippen molar-refractivity contribution in [3.63, 3.8) is 0 Å². The van der Waals surface area contributed by atoms with Crippen LogP contribution in [0.4, 0.5) is 0 Å². The third-order valence-corrected chi connectivity index (χ3v) is 0.976. The van der Waals surface area contributed by atoms with Crippen molar-refractivity contribution in [3.8, 4) is 0 Å². The van der Waals surface area contributed by atoms with E-state index in [4.69, 9.17) is 10.5 Å². The highest BCUT2D eigenvalue weighted by molar-refractivity contribution is 4.46. The Morgan fingerprint density at radius 2 is 2.29 bits per heavy atom. The molecule has 2 nitrogen and oxygen atoms in total. The third kappa shape index (κ3) is 3.76. The average Bonchev–Trinajstić information content (AvgIpc) is 1.68. The molecule has 0 aromatic heterocycles. The molecule has 44 valence electrons. The van der Waals surface area contributed by atoms with Crippen LogP contribution in [0.3, 0.4) is 0 Å². The van der Waals surface area contributed by atoms with E-state index in [1.807, 2.05) is 6.92 Å². The Morgan fingerprint density at radius 1 is 1.71 bits per heavy atom. The van der Waals surface area contributed by atoms with Gasteiger partial charge in [-0.3, -0.25) is 0 Å². The lowest BCUT2D eigenvalue weighted by molar-refractivity contribution is 0.113. The van der Waals surface area contributed by atoms with Crippen LogP contribution >= 0.6 is 0 Å². The Labute approximate surface area is 44.7 Å². The predicted molar refractivity (Wildman–Crippen MR) is 30.1 cm³/mol. The molecule has 2 N–H and O–H groups in total. The number of methoxy groups -OCH3 is 1. The SMILES string of the molecule is CO[C@@H](C)CCN. The largest absolute Gasteiger partial charge is 0.382 e. The molecule has 0 spiro atoms. The van der Waals surface area contributed by atoms with E-state index in [0.29, 0.717) is 6.10 Å². The minimum absolute atomic E-state index is 0.324. The van der Waals surface area contributed by atoms with Crippen LogP contribution in [0.25, 0.3) is 0 Å². The number of hydrogen-bond acceptors (Lipinski definition) is 2. The summed E-state index contributed by atoms with van der Waals surface area (Å²) in [6, 6.07) is 0. The summed E-state index contributed by atoms with van der Waals surface area (Å²) in [5, 5.41) is 0. The first-order valence-electron chi connectivity index (χ1n) is 2.54. The smallest absolute Gasteiger partial charge is 0.0555 e. The first kappa shape index (κ1) is 6.92. The van der Waals surface area contributed by atoms with Gasteiger partial charge in [0.1, 0.15) is 0 Å². The lowest BCUT2D eigenvalue weighted by atomic mass is 10.3. The summed E-state index contributed by atoms with van der Waals surface area (Å²) in [5.74, 6) is 0. The summed E-state index contributed by atoms with van der Waals surface area (Å²) in [7, 11) is 1.69. The van der Waals surface area contributed by atoms with Gasteiger partial charge in [-0.25, -0.2) is 0 Å². The van der Waals surface area contributed by atoms with Crippen LogP contribution in [0, 0.1) is 0 Å². The average molecular weight is 103 g/mol. The Kier molecular flexibility index (Phi) is 4.04. The van der Waals surface area contributed by atoms with Crippen LogP contribution in [0.1, 0.15) is 13.3 Å². The Hall–Kier alpha value is -0.0800. The van der Waals surface area contributed by atoms with Crippen LogP contribution in [0.2, 0.25) is 0 Å². The first-order chi connectivity index (χ1) is 3.31. The van der Waals surface area contributed by atoms with Crippen LogP contribution in [0.5, 0.6) is 0 Å². The van der Waals surface area contributed by atoms with Gasteiger partial charge in [0.25, 0.3) is 0 Å². The standard InChI is InChI=1S/C5H13NO/c1-5(7-2)3-4-6/h5H,3-4,6H2,1-2H3/t5-/m0/s1. The molecule has 0 unspecified atom stereocenters. The normalized spacial score (nSPS) is 14.1. The molecule has 0 aromatic rings. The number of ether oxygens (including phenoxy) is 1. The Morgan fingerprint density at radius 3 is 2.43 bits per heavy atom. The van der Waals surface area contributed by atoms with Crippen LogP contribution < -0.4 is 5.73 Å². The predicted octanol–water partition coefficient (Wildman–Crippen LogP) is 0.370. The van der Waals surface area contributed by atoms with E-state index in [9.17, 15) is 0 Å². The fraction of sp³-hybridized carbons (Fsp3) is 1.00. The molecule has 0 fully saturated rings. The molecule has 0 aromatic carbocycles. The lowest BCUT2D eigenvalue weighted by Crippen LogP contribution is -2.11. The second kappa shape index (κ2) is 4.09. The van der Waals surface area contributed by atoms with Crippen LogP contribution in [-0.2, 0) is 4.74 Å². The molecule has 0 aliphatic rings. The summed E-state index contributed by atoms with van der Waals surface area (Å²) in [4.78, 5) is 0. The van der Waals surface area contributed by atoms with Gasteiger partial charge in [0, 0.05) is 7.11 Å². The summed E-state index contributed by atoms with van der Waals surface area (Å²) in [6.45, 7) is 2.72. The summed E-state index contributed by atoms with van der Waals surface area (Å²) in [6.07, 6.45) is 1.28. The highest BCUT2D eigenvalue weighted by Crippen LogP contribution is 1.89. The van der Waals surface area contributed by atoms with Crippen molar-refractivity contribution in [2.45, 2.75) is 19.4 Å². The third-order valence-electron chi connectivity index (χ3n) is 0.976. The zero-order chi connectivity index (χ0) is 5.70.